The number of hydrogen-bond acceptors (Lipinski definition) is 5. The SMILES string of the molecule is COc1ccc2c(C)c(CCC(=O)Nc3ccc4[nH]c(=O)[nH]c4c3)c(=O)oc2c1. The third-order valence-electron chi connectivity index (χ3n) is 4.90. The van der Waals surface area contributed by atoms with Crippen LogP contribution in [0.2, 0.25) is 0 Å². The van der Waals surface area contributed by atoms with E-state index >= 15 is 0 Å². The number of H-pyrrole nitrogens is 2. The number of hydrogen-bond donors (Lipinski definition) is 3. The van der Waals surface area contributed by atoms with Crippen LogP contribution >= 0.6 is 0 Å². The number of benzene rings is 2. The van der Waals surface area contributed by atoms with Crippen molar-refractivity contribution in [2.24, 2.45) is 0 Å². The van der Waals surface area contributed by atoms with Crippen molar-refractivity contribution < 1.29 is 13.9 Å². The smallest absolute Gasteiger partial charge is 0.339 e. The highest BCUT2D eigenvalue weighted by Crippen LogP contribution is 2.24. The van der Waals surface area contributed by atoms with Crippen molar-refractivity contribution in [1.29, 1.82) is 0 Å². The number of methoxy groups -OCH3 is 1. The number of nitrogens with one attached hydrogen (secondary N) is 3. The van der Waals surface area contributed by atoms with Crippen molar-refractivity contribution in [3.8, 4) is 5.75 Å². The predicted octanol–water partition coefficient (Wildman–Crippen LogP) is 2.85. The number of imidazole rings is 1. The second kappa shape index (κ2) is 7.31. The van der Waals surface area contributed by atoms with Gasteiger partial charge in [0.25, 0.3) is 0 Å². The molecule has 2 aromatic carbocycles. The van der Waals surface area contributed by atoms with Gasteiger partial charge in [0, 0.05) is 29.1 Å². The Morgan fingerprint density at radius 2 is 1.90 bits per heavy atom. The fourth-order valence-corrected chi connectivity index (χ4v) is 3.36. The molecule has 1 amide bonds. The molecule has 8 nitrogen and oxygen atoms in total. The zero-order valence-corrected chi connectivity index (χ0v) is 15.9. The lowest BCUT2D eigenvalue weighted by Crippen LogP contribution is -2.16. The van der Waals surface area contributed by atoms with Crippen LogP contribution in [-0.4, -0.2) is 23.0 Å². The molecule has 148 valence electrons. The summed E-state index contributed by atoms with van der Waals surface area (Å²) in [6.45, 7) is 1.84. The number of carbonyl (C=O) groups is 1. The maximum Gasteiger partial charge on any atom is 0.339 e. The Labute approximate surface area is 164 Å². The molecule has 0 spiro atoms. The first-order chi connectivity index (χ1) is 13.9. The van der Waals surface area contributed by atoms with Gasteiger partial charge in [-0.2, -0.15) is 0 Å². The summed E-state index contributed by atoms with van der Waals surface area (Å²) in [5, 5.41) is 3.59. The topological polar surface area (TPSA) is 117 Å². The Morgan fingerprint density at radius 3 is 2.69 bits per heavy atom. The van der Waals surface area contributed by atoms with Gasteiger partial charge < -0.3 is 24.4 Å². The van der Waals surface area contributed by atoms with E-state index < -0.39 is 5.63 Å². The van der Waals surface area contributed by atoms with E-state index in [1.165, 1.54) is 0 Å². The lowest BCUT2D eigenvalue weighted by molar-refractivity contribution is -0.116. The van der Waals surface area contributed by atoms with Gasteiger partial charge in [-0.15, -0.1) is 0 Å². The summed E-state index contributed by atoms with van der Waals surface area (Å²) >= 11 is 0. The second-order valence-corrected chi connectivity index (χ2v) is 6.74. The van der Waals surface area contributed by atoms with Crippen LogP contribution in [0.4, 0.5) is 5.69 Å². The highest BCUT2D eigenvalue weighted by atomic mass is 16.5. The molecule has 0 atom stereocenters. The van der Waals surface area contributed by atoms with Gasteiger partial charge in [0.15, 0.2) is 0 Å². The number of carbonyl (C=O) groups excluding carboxylic acids is 1. The molecule has 0 aliphatic carbocycles. The number of amides is 1. The summed E-state index contributed by atoms with van der Waals surface area (Å²) < 4.78 is 10.6. The molecule has 3 N–H and O–H groups in total. The highest BCUT2D eigenvalue weighted by molar-refractivity contribution is 5.93. The quantitative estimate of drug-likeness (QED) is 0.451. The minimum absolute atomic E-state index is 0.120. The third kappa shape index (κ3) is 3.64. The van der Waals surface area contributed by atoms with Gasteiger partial charge in [0.1, 0.15) is 11.3 Å². The van der Waals surface area contributed by atoms with Crippen molar-refractivity contribution in [3.63, 3.8) is 0 Å². The summed E-state index contributed by atoms with van der Waals surface area (Å²) in [5.41, 5.74) is 2.78. The van der Waals surface area contributed by atoms with E-state index in [1.807, 2.05) is 13.0 Å². The summed E-state index contributed by atoms with van der Waals surface area (Å²) in [6.07, 6.45) is 0.375. The van der Waals surface area contributed by atoms with Crippen LogP contribution in [-0.2, 0) is 11.2 Å². The van der Waals surface area contributed by atoms with Crippen LogP contribution in [0.1, 0.15) is 17.5 Å². The van der Waals surface area contributed by atoms with E-state index in [-0.39, 0.29) is 24.4 Å². The van der Waals surface area contributed by atoms with Crippen molar-refractivity contribution >= 4 is 33.6 Å². The molecule has 0 fully saturated rings. The number of ether oxygens (including phenoxy) is 1. The van der Waals surface area contributed by atoms with Crippen molar-refractivity contribution in [2.45, 2.75) is 19.8 Å². The molecule has 4 rings (SSSR count). The molecule has 0 aliphatic heterocycles. The van der Waals surface area contributed by atoms with E-state index in [0.29, 0.717) is 33.6 Å². The summed E-state index contributed by atoms with van der Waals surface area (Å²) in [7, 11) is 1.55. The Balaban J connectivity index is 1.51. The minimum Gasteiger partial charge on any atom is -0.497 e. The zero-order valence-electron chi connectivity index (χ0n) is 15.9. The first-order valence-corrected chi connectivity index (χ1v) is 9.07. The molecule has 0 saturated heterocycles. The third-order valence-corrected chi connectivity index (χ3v) is 4.90. The fraction of sp³-hybridized carbons (Fsp3) is 0.190. The van der Waals surface area contributed by atoms with E-state index in [4.69, 9.17) is 9.15 Å². The van der Waals surface area contributed by atoms with Crippen LogP contribution in [0.25, 0.3) is 22.0 Å². The van der Waals surface area contributed by atoms with Crippen LogP contribution in [0.5, 0.6) is 5.75 Å². The van der Waals surface area contributed by atoms with Gasteiger partial charge in [0.05, 0.1) is 18.1 Å². The molecular formula is C21H19N3O5. The van der Waals surface area contributed by atoms with Gasteiger partial charge in [-0.05, 0) is 49.2 Å². The van der Waals surface area contributed by atoms with Gasteiger partial charge in [-0.25, -0.2) is 9.59 Å². The lowest BCUT2D eigenvalue weighted by Gasteiger charge is -2.09. The number of anilines is 1. The first-order valence-electron chi connectivity index (χ1n) is 9.07. The maximum absolute atomic E-state index is 12.4. The average Bonchev–Trinajstić information content (AvgIpc) is 3.06. The van der Waals surface area contributed by atoms with Crippen LogP contribution < -0.4 is 21.4 Å². The molecule has 29 heavy (non-hydrogen) atoms. The Kier molecular flexibility index (Phi) is 4.67. The Bertz CT molecular complexity index is 1350. The van der Waals surface area contributed by atoms with Gasteiger partial charge >= 0.3 is 11.3 Å². The number of rotatable bonds is 5. The average molecular weight is 393 g/mol. The van der Waals surface area contributed by atoms with Crippen molar-refractivity contribution in [3.05, 3.63) is 68.4 Å². The molecule has 8 heteroatoms. The van der Waals surface area contributed by atoms with E-state index in [2.05, 4.69) is 15.3 Å². The molecular weight excluding hydrogens is 374 g/mol. The number of aromatic nitrogens is 2. The molecule has 0 aliphatic rings. The van der Waals surface area contributed by atoms with Crippen molar-refractivity contribution in [1.82, 2.24) is 9.97 Å². The fourth-order valence-electron chi connectivity index (χ4n) is 3.36. The van der Waals surface area contributed by atoms with Gasteiger partial charge in [-0.1, -0.05) is 0 Å². The standard InChI is InChI=1S/C21H19N3O5/c1-11-14-5-4-13(28-2)10-18(14)29-20(26)15(11)6-8-19(25)22-12-3-7-16-17(9-12)24-21(27)23-16/h3-5,7,9-10H,6,8H2,1-2H3,(H,22,25)(H2,23,24,27). The Morgan fingerprint density at radius 1 is 1.10 bits per heavy atom. The molecule has 0 bridgehead atoms. The first kappa shape index (κ1) is 18.5. The number of aromatic amines is 2. The zero-order chi connectivity index (χ0) is 20.5. The van der Waals surface area contributed by atoms with Gasteiger partial charge in [-0.3, -0.25) is 4.79 Å². The molecule has 2 heterocycles. The van der Waals surface area contributed by atoms with Crippen LogP contribution in [0.15, 0.2) is 50.4 Å². The monoisotopic (exact) mass is 393 g/mol. The van der Waals surface area contributed by atoms with E-state index in [0.717, 1.165) is 10.9 Å². The molecule has 0 radical (unpaired) electrons. The van der Waals surface area contributed by atoms with Crippen molar-refractivity contribution in [2.75, 3.05) is 12.4 Å². The second-order valence-electron chi connectivity index (χ2n) is 6.74. The van der Waals surface area contributed by atoms with Crippen LogP contribution in [0, 0.1) is 6.92 Å². The molecule has 4 aromatic rings. The molecule has 0 saturated carbocycles. The number of aryl methyl sites for hydroxylation is 1. The Hall–Kier alpha value is -3.81. The van der Waals surface area contributed by atoms with E-state index in [9.17, 15) is 14.4 Å². The lowest BCUT2D eigenvalue weighted by atomic mass is 10.0. The highest BCUT2D eigenvalue weighted by Gasteiger charge is 2.14. The predicted molar refractivity (Wildman–Crippen MR) is 110 cm³/mol. The summed E-state index contributed by atoms with van der Waals surface area (Å²) in [4.78, 5) is 41.4. The largest absolute Gasteiger partial charge is 0.497 e. The summed E-state index contributed by atoms with van der Waals surface area (Å²) in [6, 6.07) is 10.4. The number of fused-ring (bicyclic) bond motifs is 2. The molecule has 2 aromatic heterocycles. The minimum atomic E-state index is -0.456. The maximum atomic E-state index is 12.4. The molecule has 0 unspecified atom stereocenters. The van der Waals surface area contributed by atoms with E-state index in [1.54, 1.807) is 37.4 Å². The van der Waals surface area contributed by atoms with Gasteiger partial charge in [0.2, 0.25) is 5.91 Å². The normalized spacial score (nSPS) is 11.1. The van der Waals surface area contributed by atoms with Crippen LogP contribution in [0.3, 0.4) is 0 Å². The summed E-state index contributed by atoms with van der Waals surface area (Å²) in [5.74, 6) is 0.365.